The third-order valence-electron chi connectivity index (χ3n) is 3.08. The molecule has 0 spiro atoms. The SMILES string of the molecule is CNC(C)(CO)c1ccc(C(C)C)cc1. The summed E-state index contributed by atoms with van der Waals surface area (Å²) in [6.07, 6.45) is 0. The number of rotatable bonds is 4. The van der Waals surface area contributed by atoms with Crippen molar-refractivity contribution < 1.29 is 5.11 Å². The molecule has 0 bridgehead atoms. The molecule has 0 aliphatic carbocycles. The van der Waals surface area contributed by atoms with Crippen molar-refractivity contribution >= 4 is 0 Å². The van der Waals surface area contributed by atoms with Gasteiger partial charge < -0.3 is 10.4 Å². The van der Waals surface area contributed by atoms with E-state index in [1.807, 2.05) is 14.0 Å². The number of aliphatic hydroxyl groups excluding tert-OH is 1. The third-order valence-corrected chi connectivity index (χ3v) is 3.08. The predicted octanol–water partition coefficient (Wildman–Crippen LogP) is 2.24. The van der Waals surface area contributed by atoms with E-state index in [4.69, 9.17) is 0 Å². The lowest BCUT2D eigenvalue weighted by Crippen LogP contribution is -2.40. The summed E-state index contributed by atoms with van der Waals surface area (Å²) >= 11 is 0. The van der Waals surface area contributed by atoms with Gasteiger partial charge in [0.2, 0.25) is 0 Å². The molecule has 0 aromatic heterocycles. The Morgan fingerprint density at radius 1 is 1.27 bits per heavy atom. The summed E-state index contributed by atoms with van der Waals surface area (Å²) in [6, 6.07) is 8.43. The molecule has 15 heavy (non-hydrogen) atoms. The van der Waals surface area contributed by atoms with Crippen molar-refractivity contribution in [2.45, 2.75) is 32.2 Å². The molecule has 0 amide bonds. The maximum atomic E-state index is 9.35. The highest BCUT2D eigenvalue weighted by Gasteiger charge is 2.22. The number of likely N-dealkylation sites (N-methyl/N-ethyl adjacent to an activating group) is 1. The van der Waals surface area contributed by atoms with E-state index in [0.29, 0.717) is 5.92 Å². The van der Waals surface area contributed by atoms with E-state index >= 15 is 0 Å². The largest absolute Gasteiger partial charge is 0.394 e. The predicted molar refractivity (Wildman–Crippen MR) is 64.0 cm³/mol. The van der Waals surface area contributed by atoms with Crippen molar-refractivity contribution in [3.05, 3.63) is 35.4 Å². The van der Waals surface area contributed by atoms with Gasteiger partial charge in [-0.15, -0.1) is 0 Å². The van der Waals surface area contributed by atoms with Crippen LogP contribution in [0.1, 0.15) is 37.8 Å². The molecule has 0 aliphatic rings. The maximum Gasteiger partial charge on any atom is 0.0652 e. The Balaban J connectivity index is 2.97. The van der Waals surface area contributed by atoms with Crippen molar-refractivity contribution in [1.29, 1.82) is 0 Å². The number of hydrogen-bond acceptors (Lipinski definition) is 2. The Hall–Kier alpha value is -0.860. The minimum Gasteiger partial charge on any atom is -0.394 e. The Morgan fingerprint density at radius 3 is 2.13 bits per heavy atom. The number of hydrogen-bond donors (Lipinski definition) is 2. The first-order valence-corrected chi connectivity index (χ1v) is 5.43. The van der Waals surface area contributed by atoms with Crippen LogP contribution in [0.25, 0.3) is 0 Å². The summed E-state index contributed by atoms with van der Waals surface area (Å²) in [5, 5.41) is 12.5. The molecule has 1 aromatic carbocycles. The van der Waals surface area contributed by atoms with Crippen LogP contribution in [-0.4, -0.2) is 18.8 Å². The van der Waals surface area contributed by atoms with Crippen molar-refractivity contribution in [3.63, 3.8) is 0 Å². The molecule has 2 N–H and O–H groups in total. The standard InChI is InChI=1S/C13H21NO/c1-10(2)11-5-7-12(8-6-11)13(3,9-15)14-4/h5-8,10,14-15H,9H2,1-4H3. The van der Waals surface area contributed by atoms with Gasteiger partial charge in [0.15, 0.2) is 0 Å². The van der Waals surface area contributed by atoms with Crippen LogP contribution < -0.4 is 5.32 Å². The fraction of sp³-hybridized carbons (Fsp3) is 0.538. The Kier molecular flexibility index (Phi) is 3.89. The molecule has 0 radical (unpaired) electrons. The van der Waals surface area contributed by atoms with Crippen LogP contribution in [0, 0.1) is 0 Å². The average molecular weight is 207 g/mol. The summed E-state index contributed by atoms with van der Waals surface area (Å²) in [4.78, 5) is 0. The lowest BCUT2D eigenvalue weighted by Gasteiger charge is -2.27. The van der Waals surface area contributed by atoms with E-state index in [2.05, 4.69) is 43.4 Å². The molecule has 0 heterocycles. The second-order valence-corrected chi connectivity index (χ2v) is 4.52. The number of nitrogens with one attached hydrogen (secondary N) is 1. The van der Waals surface area contributed by atoms with Crippen LogP contribution in [0.5, 0.6) is 0 Å². The normalized spacial score (nSPS) is 15.3. The molecule has 0 saturated heterocycles. The summed E-state index contributed by atoms with van der Waals surface area (Å²) in [7, 11) is 1.87. The fourth-order valence-corrected chi connectivity index (χ4v) is 1.55. The van der Waals surface area contributed by atoms with E-state index in [1.54, 1.807) is 0 Å². The van der Waals surface area contributed by atoms with Gasteiger partial charge in [-0.05, 0) is 31.0 Å². The lowest BCUT2D eigenvalue weighted by molar-refractivity contribution is 0.183. The van der Waals surface area contributed by atoms with Gasteiger partial charge in [-0.1, -0.05) is 38.1 Å². The van der Waals surface area contributed by atoms with Crippen LogP contribution in [0.2, 0.25) is 0 Å². The van der Waals surface area contributed by atoms with E-state index in [1.165, 1.54) is 5.56 Å². The first-order chi connectivity index (χ1) is 7.03. The van der Waals surface area contributed by atoms with Crippen LogP contribution >= 0.6 is 0 Å². The van der Waals surface area contributed by atoms with Gasteiger partial charge in [0.1, 0.15) is 0 Å². The molecule has 0 aliphatic heterocycles. The minimum absolute atomic E-state index is 0.102. The minimum atomic E-state index is -0.338. The van der Waals surface area contributed by atoms with E-state index < -0.39 is 0 Å². The van der Waals surface area contributed by atoms with Gasteiger partial charge in [-0.3, -0.25) is 0 Å². The smallest absolute Gasteiger partial charge is 0.0652 e. The Morgan fingerprint density at radius 2 is 1.80 bits per heavy atom. The molecule has 1 atom stereocenters. The van der Waals surface area contributed by atoms with Gasteiger partial charge in [-0.2, -0.15) is 0 Å². The van der Waals surface area contributed by atoms with Gasteiger partial charge in [0, 0.05) is 0 Å². The first-order valence-electron chi connectivity index (χ1n) is 5.43. The monoisotopic (exact) mass is 207 g/mol. The zero-order valence-electron chi connectivity index (χ0n) is 10.0. The maximum absolute atomic E-state index is 9.35. The highest BCUT2D eigenvalue weighted by atomic mass is 16.3. The molecule has 0 fully saturated rings. The highest BCUT2D eigenvalue weighted by Crippen LogP contribution is 2.22. The fourth-order valence-electron chi connectivity index (χ4n) is 1.55. The first kappa shape index (κ1) is 12.2. The molecule has 1 unspecified atom stereocenters. The summed E-state index contributed by atoms with van der Waals surface area (Å²) in [5.74, 6) is 0.550. The number of aliphatic hydroxyl groups is 1. The zero-order chi connectivity index (χ0) is 11.5. The molecule has 1 aromatic rings. The van der Waals surface area contributed by atoms with Crippen LogP contribution in [0.15, 0.2) is 24.3 Å². The van der Waals surface area contributed by atoms with Crippen molar-refractivity contribution in [3.8, 4) is 0 Å². The molecule has 2 nitrogen and oxygen atoms in total. The topological polar surface area (TPSA) is 32.3 Å². The second-order valence-electron chi connectivity index (χ2n) is 4.52. The van der Waals surface area contributed by atoms with E-state index in [0.717, 1.165) is 5.56 Å². The summed E-state index contributed by atoms with van der Waals surface area (Å²) in [6.45, 7) is 6.46. The average Bonchev–Trinajstić information content (AvgIpc) is 2.28. The van der Waals surface area contributed by atoms with E-state index in [9.17, 15) is 5.11 Å². The van der Waals surface area contributed by atoms with Gasteiger partial charge in [0.25, 0.3) is 0 Å². The Bertz CT molecular complexity index is 299. The zero-order valence-corrected chi connectivity index (χ0v) is 10.0. The second kappa shape index (κ2) is 4.77. The quantitative estimate of drug-likeness (QED) is 0.793. The molecular weight excluding hydrogens is 186 g/mol. The molecular formula is C13H21NO. The van der Waals surface area contributed by atoms with Crippen LogP contribution in [0.4, 0.5) is 0 Å². The molecule has 0 saturated carbocycles. The summed E-state index contributed by atoms with van der Waals surface area (Å²) < 4.78 is 0. The molecule has 2 heteroatoms. The number of benzene rings is 1. The van der Waals surface area contributed by atoms with Crippen molar-refractivity contribution in [2.24, 2.45) is 0 Å². The lowest BCUT2D eigenvalue weighted by atomic mass is 9.91. The van der Waals surface area contributed by atoms with Gasteiger partial charge >= 0.3 is 0 Å². The van der Waals surface area contributed by atoms with Crippen molar-refractivity contribution in [1.82, 2.24) is 5.32 Å². The highest BCUT2D eigenvalue weighted by molar-refractivity contribution is 5.29. The van der Waals surface area contributed by atoms with E-state index in [-0.39, 0.29) is 12.1 Å². The summed E-state index contributed by atoms with van der Waals surface area (Å²) in [5.41, 5.74) is 2.11. The Labute approximate surface area is 92.3 Å². The third kappa shape index (κ3) is 2.58. The van der Waals surface area contributed by atoms with Crippen molar-refractivity contribution in [2.75, 3.05) is 13.7 Å². The molecule has 1 rings (SSSR count). The molecule has 84 valence electrons. The van der Waals surface area contributed by atoms with Crippen LogP contribution in [-0.2, 0) is 5.54 Å². The van der Waals surface area contributed by atoms with Gasteiger partial charge in [0.05, 0.1) is 12.1 Å². The van der Waals surface area contributed by atoms with Gasteiger partial charge in [-0.25, -0.2) is 0 Å². The van der Waals surface area contributed by atoms with Crippen LogP contribution in [0.3, 0.4) is 0 Å².